The zero-order valence-corrected chi connectivity index (χ0v) is 16.7. The highest BCUT2D eigenvalue weighted by Gasteiger charge is 2.35. The van der Waals surface area contributed by atoms with E-state index in [0.717, 1.165) is 18.2 Å². The van der Waals surface area contributed by atoms with Crippen LogP contribution in [0.2, 0.25) is 0 Å². The molecule has 0 saturated carbocycles. The standard InChI is InChI=1S/C26H24N2O2/c1-4-10-19(11-5-1)16-22(25-27-23(17-29-25)20-12-6-2-7-13-20)26-28-24(18-30-26)21-14-8-3-9-15-21/h1-15,22-24H,16-18H2/t23-,24-/m1/s1. The normalized spacial score (nSPS) is 20.4. The Kier molecular flexibility index (Phi) is 5.30. The highest BCUT2D eigenvalue weighted by Crippen LogP contribution is 2.31. The van der Waals surface area contributed by atoms with Gasteiger partial charge in [-0.3, -0.25) is 0 Å². The maximum atomic E-state index is 6.10. The molecule has 0 aromatic heterocycles. The minimum atomic E-state index is -0.116. The van der Waals surface area contributed by atoms with Gasteiger partial charge in [-0.1, -0.05) is 91.0 Å². The number of nitrogens with zero attached hydrogens (tertiary/aromatic N) is 2. The molecule has 4 nitrogen and oxygen atoms in total. The van der Waals surface area contributed by atoms with Gasteiger partial charge in [0.05, 0.1) is 0 Å². The lowest BCUT2D eigenvalue weighted by Crippen LogP contribution is -2.27. The molecule has 5 rings (SSSR count). The molecule has 2 atom stereocenters. The lowest BCUT2D eigenvalue weighted by atomic mass is 9.98. The zero-order valence-electron chi connectivity index (χ0n) is 16.7. The molecule has 2 aliphatic heterocycles. The minimum Gasteiger partial charge on any atom is -0.478 e. The van der Waals surface area contributed by atoms with Gasteiger partial charge in [-0.05, 0) is 23.1 Å². The molecule has 0 spiro atoms. The topological polar surface area (TPSA) is 43.2 Å². The van der Waals surface area contributed by atoms with Crippen LogP contribution >= 0.6 is 0 Å². The first-order valence-electron chi connectivity index (χ1n) is 10.4. The SMILES string of the molecule is c1ccc(CC(C2=N[C@@H](c3ccccc3)CO2)C2=N[C@@H](c3ccccc3)CO2)cc1. The predicted octanol–water partition coefficient (Wildman–Crippen LogP) is 5.19. The summed E-state index contributed by atoms with van der Waals surface area (Å²) in [6.45, 7) is 1.11. The number of hydrogen-bond donors (Lipinski definition) is 0. The summed E-state index contributed by atoms with van der Waals surface area (Å²) < 4.78 is 12.2. The van der Waals surface area contributed by atoms with Crippen molar-refractivity contribution in [2.75, 3.05) is 13.2 Å². The summed E-state index contributed by atoms with van der Waals surface area (Å²) in [5.41, 5.74) is 3.55. The average molecular weight is 396 g/mol. The second kappa shape index (κ2) is 8.54. The Morgan fingerprint density at radius 2 is 1.07 bits per heavy atom. The van der Waals surface area contributed by atoms with E-state index in [0.29, 0.717) is 13.2 Å². The largest absolute Gasteiger partial charge is 0.478 e. The molecule has 0 radical (unpaired) electrons. The highest BCUT2D eigenvalue weighted by atomic mass is 16.5. The predicted molar refractivity (Wildman–Crippen MR) is 119 cm³/mol. The Morgan fingerprint density at radius 1 is 0.633 bits per heavy atom. The summed E-state index contributed by atoms with van der Waals surface area (Å²) in [4.78, 5) is 9.86. The van der Waals surface area contributed by atoms with Gasteiger partial charge in [-0.15, -0.1) is 0 Å². The Labute approximate surface area is 176 Å². The van der Waals surface area contributed by atoms with Crippen molar-refractivity contribution in [1.82, 2.24) is 0 Å². The van der Waals surface area contributed by atoms with Gasteiger partial charge < -0.3 is 9.47 Å². The van der Waals surface area contributed by atoms with E-state index in [2.05, 4.69) is 48.5 Å². The fourth-order valence-corrected chi connectivity index (χ4v) is 3.99. The van der Waals surface area contributed by atoms with Crippen LogP contribution in [0, 0.1) is 5.92 Å². The van der Waals surface area contributed by atoms with E-state index in [9.17, 15) is 0 Å². The molecule has 4 heteroatoms. The van der Waals surface area contributed by atoms with E-state index in [4.69, 9.17) is 19.5 Å². The van der Waals surface area contributed by atoms with Crippen LogP contribution in [0.25, 0.3) is 0 Å². The number of rotatable bonds is 6. The van der Waals surface area contributed by atoms with Gasteiger partial charge in [-0.25, -0.2) is 9.98 Å². The van der Waals surface area contributed by atoms with Crippen LogP contribution in [0.3, 0.4) is 0 Å². The fraction of sp³-hybridized carbons (Fsp3) is 0.231. The molecule has 150 valence electrons. The molecular formula is C26H24N2O2. The number of ether oxygens (including phenoxy) is 2. The van der Waals surface area contributed by atoms with Crippen LogP contribution in [0.4, 0.5) is 0 Å². The van der Waals surface area contributed by atoms with Crippen molar-refractivity contribution in [3.8, 4) is 0 Å². The Balaban J connectivity index is 1.44. The first-order valence-corrected chi connectivity index (χ1v) is 10.4. The van der Waals surface area contributed by atoms with E-state index in [1.165, 1.54) is 16.7 Å². The molecule has 3 aromatic rings. The molecule has 2 aliphatic rings. The maximum Gasteiger partial charge on any atom is 0.197 e. The van der Waals surface area contributed by atoms with Gasteiger partial charge in [0.25, 0.3) is 0 Å². The van der Waals surface area contributed by atoms with Crippen molar-refractivity contribution in [3.05, 3.63) is 108 Å². The average Bonchev–Trinajstić information content (AvgIpc) is 3.50. The van der Waals surface area contributed by atoms with Crippen LogP contribution in [0.1, 0.15) is 28.8 Å². The minimum absolute atomic E-state index is 0.0198. The number of benzene rings is 3. The summed E-state index contributed by atoms with van der Waals surface area (Å²) >= 11 is 0. The third-order valence-corrected chi connectivity index (χ3v) is 5.59. The van der Waals surface area contributed by atoms with Crippen molar-refractivity contribution in [2.24, 2.45) is 15.9 Å². The monoisotopic (exact) mass is 396 g/mol. The fourth-order valence-electron chi connectivity index (χ4n) is 3.99. The van der Waals surface area contributed by atoms with E-state index in [-0.39, 0.29) is 18.0 Å². The van der Waals surface area contributed by atoms with Gasteiger partial charge in [0, 0.05) is 0 Å². The Hall–Kier alpha value is -3.40. The zero-order chi connectivity index (χ0) is 20.2. The quantitative estimate of drug-likeness (QED) is 0.576. The number of hydrogen-bond acceptors (Lipinski definition) is 4. The molecule has 0 fully saturated rings. The summed E-state index contributed by atoms with van der Waals surface area (Å²) in [5.74, 6) is 1.33. The van der Waals surface area contributed by atoms with Crippen LogP contribution in [0.5, 0.6) is 0 Å². The third-order valence-electron chi connectivity index (χ3n) is 5.59. The first kappa shape index (κ1) is 18.6. The lowest BCUT2D eigenvalue weighted by molar-refractivity contribution is 0.284. The van der Waals surface area contributed by atoms with Crippen molar-refractivity contribution in [2.45, 2.75) is 18.5 Å². The maximum absolute atomic E-state index is 6.10. The molecule has 0 N–H and O–H groups in total. The van der Waals surface area contributed by atoms with E-state index in [1.807, 2.05) is 42.5 Å². The number of aliphatic imine (C=N–C) groups is 2. The molecule has 0 aliphatic carbocycles. The van der Waals surface area contributed by atoms with Crippen molar-refractivity contribution in [1.29, 1.82) is 0 Å². The van der Waals surface area contributed by atoms with Crippen LogP contribution in [0.15, 0.2) is 101 Å². The lowest BCUT2D eigenvalue weighted by Gasteiger charge is -2.16. The molecule has 2 heterocycles. The molecule has 0 bridgehead atoms. The third kappa shape index (κ3) is 3.99. The molecule has 0 amide bonds. The van der Waals surface area contributed by atoms with E-state index in [1.54, 1.807) is 0 Å². The molecule has 0 unspecified atom stereocenters. The summed E-state index contributed by atoms with van der Waals surface area (Å²) in [5, 5.41) is 0. The molecule has 0 saturated heterocycles. The molecular weight excluding hydrogens is 372 g/mol. The first-order chi connectivity index (χ1) is 14.9. The smallest absolute Gasteiger partial charge is 0.197 e. The van der Waals surface area contributed by atoms with Crippen molar-refractivity contribution >= 4 is 11.8 Å². The summed E-state index contributed by atoms with van der Waals surface area (Å²) in [6.07, 6.45) is 0.752. The van der Waals surface area contributed by atoms with Gasteiger partial charge in [-0.2, -0.15) is 0 Å². The summed E-state index contributed by atoms with van der Waals surface area (Å²) in [7, 11) is 0. The Bertz CT molecular complexity index is 967. The van der Waals surface area contributed by atoms with E-state index < -0.39 is 0 Å². The van der Waals surface area contributed by atoms with Crippen molar-refractivity contribution in [3.63, 3.8) is 0 Å². The van der Waals surface area contributed by atoms with Crippen molar-refractivity contribution < 1.29 is 9.47 Å². The second-order valence-electron chi connectivity index (χ2n) is 7.65. The summed E-state index contributed by atoms with van der Waals surface area (Å²) in [6, 6.07) is 31.0. The van der Waals surface area contributed by atoms with Crippen LogP contribution in [-0.2, 0) is 15.9 Å². The Morgan fingerprint density at radius 3 is 1.53 bits per heavy atom. The molecule has 30 heavy (non-hydrogen) atoms. The van der Waals surface area contributed by atoms with Gasteiger partial charge in [0.15, 0.2) is 11.8 Å². The highest BCUT2D eigenvalue weighted by molar-refractivity contribution is 6.02. The van der Waals surface area contributed by atoms with Gasteiger partial charge in [0.1, 0.15) is 31.2 Å². The van der Waals surface area contributed by atoms with Crippen LogP contribution in [-0.4, -0.2) is 25.0 Å². The molecule has 3 aromatic carbocycles. The van der Waals surface area contributed by atoms with Gasteiger partial charge >= 0.3 is 0 Å². The van der Waals surface area contributed by atoms with E-state index >= 15 is 0 Å². The second-order valence-corrected chi connectivity index (χ2v) is 7.65. The van der Waals surface area contributed by atoms with Gasteiger partial charge in [0.2, 0.25) is 0 Å². The van der Waals surface area contributed by atoms with Crippen LogP contribution < -0.4 is 0 Å².